The summed E-state index contributed by atoms with van der Waals surface area (Å²) in [4.78, 5) is 42.3. The maximum Gasteiger partial charge on any atom is 0.405 e. The highest BCUT2D eigenvalue weighted by Crippen LogP contribution is 2.39. The van der Waals surface area contributed by atoms with Crippen molar-refractivity contribution in [3.63, 3.8) is 0 Å². The molecule has 6 N–H and O–H groups in total. The molecule has 1 fully saturated rings. The minimum absolute atomic E-state index is 0.233. The van der Waals surface area contributed by atoms with Gasteiger partial charge >= 0.3 is 6.09 Å². The lowest BCUT2D eigenvalue weighted by Crippen LogP contribution is -2.49. The van der Waals surface area contributed by atoms with E-state index in [1.54, 1.807) is 24.3 Å². The van der Waals surface area contributed by atoms with Crippen molar-refractivity contribution in [3.05, 3.63) is 52.6 Å². The molecule has 13 heteroatoms. The third-order valence-electron chi connectivity index (χ3n) is 6.27. The molecule has 1 aromatic carbocycles. The molecular formula is C26H29N7O5S. The predicted molar refractivity (Wildman–Crippen MR) is 142 cm³/mol. The fourth-order valence-electron chi connectivity index (χ4n) is 4.37. The van der Waals surface area contributed by atoms with Crippen LogP contribution in [0, 0.1) is 22.7 Å². The number of hydrogen-bond acceptors (Lipinski definition) is 10. The van der Waals surface area contributed by atoms with Gasteiger partial charge in [0, 0.05) is 19.1 Å². The summed E-state index contributed by atoms with van der Waals surface area (Å²) in [5.41, 5.74) is 12.4. The third-order valence-corrected chi connectivity index (χ3v) is 7.53. The second kappa shape index (κ2) is 13.5. The van der Waals surface area contributed by atoms with Crippen LogP contribution in [0.15, 0.2) is 35.4 Å². The number of carbonyl (C=O) groups excluding carboxylic acids is 3. The Morgan fingerprint density at radius 3 is 2.33 bits per heavy atom. The van der Waals surface area contributed by atoms with Crippen LogP contribution in [0.1, 0.15) is 47.3 Å². The van der Waals surface area contributed by atoms with Crippen LogP contribution in [0.4, 0.5) is 10.6 Å². The molecule has 39 heavy (non-hydrogen) atoms. The topological polar surface area (TPSA) is 208 Å². The van der Waals surface area contributed by atoms with Crippen molar-refractivity contribution in [2.45, 2.75) is 48.6 Å². The zero-order valence-electron chi connectivity index (χ0n) is 21.3. The van der Waals surface area contributed by atoms with Gasteiger partial charge < -0.3 is 31.5 Å². The van der Waals surface area contributed by atoms with E-state index in [1.807, 2.05) is 17.9 Å². The number of nitrogens with one attached hydrogen (secondary N) is 1. The molecule has 1 aliphatic rings. The second-order valence-electron chi connectivity index (χ2n) is 8.74. The molecule has 0 bridgehead atoms. The normalized spacial score (nSPS) is 14.9. The smallest absolute Gasteiger partial charge is 0.405 e. The van der Waals surface area contributed by atoms with Crippen molar-refractivity contribution in [3.8, 4) is 12.1 Å². The number of nitrogens with zero attached hydrogens (tertiary/aromatic N) is 4. The number of amides is 3. The van der Waals surface area contributed by atoms with Gasteiger partial charge in [0.2, 0.25) is 12.0 Å². The predicted octanol–water partition coefficient (Wildman–Crippen LogP) is 1.25. The van der Waals surface area contributed by atoms with Gasteiger partial charge in [-0.05, 0) is 30.4 Å². The number of aliphatic hydroxyl groups is 1. The Bertz CT molecular complexity index is 1300. The van der Waals surface area contributed by atoms with Gasteiger partial charge in [0.15, 0.2) is 0 Å². The van der Waals surface area contributed by atoms with Gasteiger partial charge in [-0.1, -0.05) is 49.0 Å². The number of aliphatic hydroxyl groups excluding tert-OH is 1. The highest BCUT2D eigenvalue weighted by atomic mass is 32.2. The number of thioether (sulfide) groups is 1. The minimum atomic E-state index is -1.40. The molecule has 3 amide bonds. The maximum absolute atomic E-state index is 12.4. The number of aromatic nitrogens is 1. The Kier molecular flexibility index (Phi) is 10.1. The van der Waals surface area contributed by atoms with Gasteiger partial charge in [0.1, 0.15) is 28.2 Å². The Balaban J connectivity index is 1.88. The largest absolute Gasteiger partial charge is 0.434 e. The van der Waals surface area contributed by atoms with Gasteiger partial charge in [-0.3, -0.25) is 9.59 Å². The zero-order chi connectivity index (χ0) is 28.5. The first kappa shape index (κ1) is 29.2. The Labute approximate surface area is 229 Å². The number of nitriles is 2. The standard InChI is InChI=1S/C26H29N7O5S/c1-2-17-18(12-27)23(33-10-8-16(9-11-33)31-24(36)20(14-34)38-26(30)37)32-25(19(17)13-28)39-21(22(29)35)15-6-4-3-5-7-15/h3-7,16,20-21,34H,2,8-11,14H2,1H3,(H2,29,35)(H2,30,37)(H,31,36)/t20-,21?/m0/s1. The summed E-state index contributed by atoms with van der Waals surface area (Å²) in [5, 5.41) is 31.6. The number of anilines is 1. The summed E-state index contributed by atoms with van der Waals surface area (Å²) >= 11 is 1.07. The fraction of sp³-hybridized carbons (Fsp3) is 0.385. The Morgan fingerprint density at radius 1 is 1.18 bits per heavy atom. The summed E-state index contributed by atoms with van der Waals surface area (Å²) in [6.45, 7) is 1.98. The highest BCUT2D eigenvalue weighted by molar-refractivity contribution is 8.00. The van der Waals surface area contributed by atoms with Crippen molar-refractivity contribution >= 4 is 35.5 Å². The number of rotatable bonds is 10. The number of primary amides is 2. The van der Waals surface area contributed by atoms with E-state index in [0.717, 1.165) is 11.8 Å². The summed E-state index contributed by atoms with van der Waals surface area (Å²) in [6.07, 6.45) is -1.21. The molecule has 2 atom stereocenters. The zero-order valence-corrected chi connectivity index (χ0v) is 22.1. The molecule has 12 nitrogen and oxygen atoms in total. The first-order valence-electron chi connectivity index (χ1n) is 12.2. The third kappa shape index (κ3) is 6.96. The number of nitrogens with two attached hydrogens (primary N) is 2. The first-order chi connectivity index (χ1) is 18.7. The van der Waals surface area contributed by atoms with Gasteiger partial charge in [0.05, 0.1) is 17.7 Å². The van der Waals surface area contributed by atoms with Gasteiger partial charge in [-0.15, -0.1) is 0 Å². The van der Waals surface area contributed by atoms with Crippen molar-refractivity contribution in [2.75, 3.05) is 24.6 Å². The van der Waals surface area contributed by atoms with Crippen LogP contribution < -0.4 is 21.7 Å². The molecule has 0 saturated carbocycles. The number of hydrogen-bond donors (Lipinski definition) is 4. The van der Waals surface area contributed by atoms with Crippen LogP contribution in [0.5, 0.6) is 0 Å². The van der Waals surface area contributed by atoms with Crippen molar-refractivity contribution in [1.82, 2.24) is 10.3 Å². The molecular weight excluding hydrogens is 522 g/mol. The monoisotopic (exact) mass is 551 g/mol. The van der Waals surface area contributed by atoms with Gasteiger partial charge in [-0.25, -0.2) is 9.78 Å². The first-order valence-corrected chi connectivity index (χ1v) is 13.1. The molecule has 204 valence electrons. The van der Waals surface area contributed by atoms with Gasteiger partial charge in [0.25, 0.3) is 5.91 Å². The van der Waals surface area contributed by atoms with E-state index in [1.165, 1.54) is 0 Å². The quantitative estimate of drug-likeness (QED) is 0.310. The lowest BCUT2D eigenvalue weighted by atomic mass is 9.99. The summed E-state index contributed by atoms with van der Waals surface area (Å²) in [6, 6.07) is 13.0. The molecule has 2 heterocycles. The van der Waals surface area contributed by atoms with Crippen molar-refractivity contribution < 1.29 is 24.2 Å². The molecule has 1 unspecified atom stereocenters. The number of piperidine rings is 1. The number of benzene rings is 1. The SMILES string of the molecule is CCc1c(C#N)c(SC(C(N)=O)c2ccccc2)nc(N2CCC(NC(=O)[C@H](CO)OC(N)=O)CC2)c1C#N. The molecule has 0 spiro atoms. The number of pyridine rings is 1. The fourth-order valence-corrected chi connectivity index (χ4v) is 5.43. The molecule has 1 aromatic heterocycles. The molecule has 0 radical (unpaired) electrons. The average Bonchev–Trinajstić information content (AvgIpc) is 2.94. The van der Waals surface area contributed by atoms with E-state index in [0.29, 0.717) is 54.3 Å². The average molecular weight is 552 g/mol. The number of ether oxygens (including phenoxy) is 1. The molecule has 2 aromatic rings. The van der Waals surface area contributed by atoms with E-state index in [2.05, 4.69) is 22.2 Å². The van der Waals surface area contributed by atoms with Crippen molar-refractivity contribution in [1.29, 1.82) is 10.5 Å². The lowest BCUT2D eigenvalue weighted by Gasteiger charge is -2.34. The van der Waals surface area contributed by atoms with Crippen LogP contribution in [0.25, 0.3) is 0 Å². The second-order valence-corrected chi connectivity index (χ2v) is 9.83. The van der Waals surface area contributed by atoms with Crippen LogP contribution in [0.3, 0.4) is 0 Å². The lowest BCUT2D eigenvalue weighted by molar-refractivity contribution is -0.132. The van der Waals surface area contributed by atoms with E-state index in [4.69, 9.17) is 16.5 Å². The molecule has 1 aliphatic heterocycles. The van der Waals surface area contributed by atoms with E-state index >= 15 is 0 Å². The molecule has 3 rings (SSSR count). The van der Waals surface area contributed by atoms with Crippen LogP contribution in [0.2, 0.25) is 0 Å². The summed E-state index contributed by atoms with van der Waals surface area (Å²) in [7, 11) is 0. The van der Waals surface area contributed by atoms with Crippen LogP contribution >= 0.6 is 11.8 Å². The van der Waals surface area contributed by atoms with Crippen molar-refractivity contribution in [2.24, 2.45) is 11.5 Å². The summed E-state index contributed by atoms with van der Waals surface area (Å²) < 4.78 is 4.62. The Hall–Kier alpha value is -4.33. The Morgan fingerprint density at radius 2 is 1.82 bits per heavy atom. The minimum Gasteiger partial charge on any atom is -0.434 e. The van der Waals surface area contributed by atoms with Gasteiger partial charge in [-0.2, -0.15) is 10.5 Å². The highest BCUT2D eigenvalue weighted by Gasteiger charge is 2.30. The van der Waals surface area contributed by atoms with E-state index in [-0.39, 0.29) is 17.2 Å². The number of carbonyl (C=O) groups is 3. The maximum atomic E-state index is 12.4. The van der Waals surface area contributed by atoms with Crippen LogP contribution in [-0.2, 0) is 20.7 Å². The van der Waals surface area contributed by atoms with E-state index < -0.39 is 35.9 Å². The van der Waals surface area contributed by atoms with E-state index in [9.17, 15) is 30.0 Å². The molecule has 0 aliphatic carbocycles. The van der Waals surface area contributed by atoms with Crippen LogP contribution in [-0.4, -0.2) is 59.8 Å². The molecule has 1 saturated heterocycles. The summed E-state index contributed by atoms with van der Waals surface area (Å²) in [5.74, 6) is -0.851.